The molecule has 0 spiro atoms. The van der Waals surface area contributed by atoms with Gasteiger partial charge in [0.05, 0.1) is 6.61 Å². The Hall–Kier alpha value is -1.05. The Morgan fingerprint density at radius 3 is 2.89 bits per heavy atom. The highest BCUT2D eigenvalue weighted by atomic mass is 32.2. The van der Waals surface area contributed by atoms with E-state index >= 15 is 0 Å². The lowest BCUT2D eigenvalue weighted by Crippen LogP contribution is -1.95. The summed E-state index contributed by atoms with van der Waals surface area (Å²) in [5.41, 5.74) is 0. The van der Waals surface area contributed by atoms with Gasteiger partial charge in [-0.2, -0.15) is 4.37 Å². The van der Waals surface area contributed by atoms with Gasteiger partial charge in [-0.1, -0.05) is 11.8 Å². The van der Waals surface area contributed by atoms with E-state index in [1.165, 1.54) is 29.4 Å². The van der Waals surface area contributed by atoms with Crippen LogP contribution >= 0.6 is 23.3 Å². The molecule has 0 N–H and O–H groups in total. The number of hydrogen-bond acceptors (Lipinski definition) is 5. The predicted molar refractivity (Wildman–Crippen MR) is 66.0 cm³/mol. The van der Waals surface area contributed by atoms with Gasteiger partial charge < -0.3 is 4.74 Å². The van der Waals surface area contributed by atoms with Crippen LogP contribution in [0.3, 0.4) is 0 Å². The molecule has 7 heteroatoms. The van der Waals surface area contributed by atoms with Crippen molar-refractivity contribution in [2.45, 2.75) is 15.7 Å². The summed E-state index contributed by atoms with van der Waals surface area (Å²) < 4.78 is 35.6. The third kappa shape index (κ3) is 3.47. The summed E-state index contributed by atoms with van der Waals surface area (Å²) in [6.07, 6.45) is 0.644. The third-order valence-corrected chi connectivity index (χ3v) is 3.85. The highest BCUT2D eigenvalue weighted by molar-refractivity contribution is 8.01. The average molecular weight is 288 g/mol. The van der Waals surface area contributed by atoms with Crippen LogP contribution in [-0.2, 0) is 11.2 Å². The van der Waals surface area contributed by atoms with E-state index in [4.69, 9.17) is 4.74 Å². The van der Waals surface area contributed by atoms with Gasteiger partial charge in [0.1, 0.15) is 5.82 Å². The molecule has 0 unspecified atom stereocenters. The molecule has 1 heterocycles. The monoisotopic (exact) mass is 288 g/mol. The zero-order valence-electron chi connectivity index (χ0n) is 9.52. The molecule has 1 aromatic carbocycles. The maximum absolute atomic E-state index is 13.0. The van der Waals surface area contributed by atoms with Crippen molar-refractivity contribution in [2.75, 3.05) is 13.7 Å². The average Bonchev–Trinajstić information content (AvgIpc) is 2.79. The van der Waals surface area contributed by atoms with Crippen LogP contribution in [0.1, 0.15) is 5.82 Å². The molecule has 0 saturated carbocycles. The summed E-state index contributed by atoms with van der Waals surface area (Å²) in [5, 5.41) is 0. The number of methoxy groups -OCH3 is 1. The highest BCUT2D eigenvalue weighted by Crippen LogP contribution is 2.29. The Kier molecular flexibility index (Phi) is 4.62. The molecule has 2 rings (SSSR count). The van der Waals surface area contributed by atoms with E-state index in [-0.39, 0.29) is 0 Å². The number of aromatic nitrogens is 2. The minimum absolute atomic E-state index is 0.562. The van der Waals surface area contributed by atoms with Crippen molar-refractivity contribution in [1.29, 1.82) is 0 Å². The van der Waals surface area contributed by atoms with Gasteiger partial charge in [0.25, 0.3) is 0 Å². The van der Waals surface area contributed by atoms with Gasteiger partial charge in [0.15, 0.2) is 16.0 Å². The first-order valence-corrected chi connectivity index (χ1v) is 6.72. The van der Waals surface area contributed by atoms with E-state index in [1.54, 1.807) is 7.11 Å². The van der Waals surface area contributed by atoms with Crippen LogP contribution in [-0.4, -0.2) is 23.1 Å². The SMILES string of the molecule is COCCc1nsc(Sc2ccc(F)c(F)c2)n1. The van der Waals surface area contributed by atoms with Gasteiger partial charge >= 0.3 is 0 Å². The second-order valence-electron chi connectivity index (χ2n) is 3.40. The Morgan fingerprint density at radius 1 is 1.33 bits per heavy atom. The van der Waals surface area contributed by atoms with Crippen LogP contribution in [0.15, 0.2) is 27.4 Å². The van der Waals surface area contributed by atoms with Crippen LogP contribution in [0.2, 0.25) is 0 Å². The summed E-state index contributed by atoms with van der Waals surface area (Å²) in [6.45, 7) is 0.562. The highest BCUT2D eigenvalue weighted by Gasteiger charge is 2.08. The van der Waals surface area contributed by atoms with E-state index in [0.29, 0.717) is 28.1 Å². The molecule has 1 aromatic heterocycles. The summed E-state index contributed by atoms with van der Waals surface area (Å²) in [6, 6.07) is 3.76. The number of rotatable bonds is 5. The van der Waals surface area contributed by atoms with Gasteiger partial charge in [-0.3, -0.25) is 0 Å². The lowest BCUT2D eigenvalue weighted by Gasteiger charge is -1.98. The molecular weight excluding hydrogens is 278 g/mol. The number of benzene rings is 1. The van der Waals surface area contributed by atoms with E-state index in [1.807, 2.05) is 0 Å². The Morgan fingerprint density at radius 2 is 2.17 bits per heavy atom. The lowest BCUT2D eigenvalue weighted by atomic mass is 10.3. The number of nitrogens with zero attached hydrogens (tertiary/aromatic N) is 2. The molecule has 0 amide bonds. The maximum Gasteiger partial charge on any atom is 0.174 e. The van der Waals surface area contributed by atoms with Crippen LogP contribution in [0, 0.1) is 11.6 Å². The van der Waals surface area contributed by atoms with E-state index in [0.717, 1.165) is 12.1 Å². The molecule has 2 aromatic rings. The minimum Gasteiger partial charge on any atom is -0.384 e. The molecule has 0 aliphatic rings. The summed E-state index contributed by atoms with van der Waals surface area (Å²) in [5.74, 6) is -1.01. The zero-order chi connectivity index (χ0) is 13.0. The molecule has 0 aliphatic heterocycles. The standard InChI is InChI=1S/C11H10F2N2OS2/c1-16-5-4-10-14-11(18-15-10)17-7-2-3-8(12)9(13)6-7/h2-3,6H,4-5H2,1H3. The number of hydrogen-bond donors (Lipinski definition) is 0. The van der Waals surface area contributed by atoms with Gasteiger partial charge in [-0.05, 0) is 29.7 Å². The molecule has 0 atom stereocenters. The molecular formula is C11H10F2N2OS2. The van der Waals surface area contributed by atoms with Crippen LogP contribution in [0.25, 0.3) is 0 Å². The quantitative estimate of drug-likeness (QED) is 0.846. The maximum atomic E-state index is 13.0. The molecule has 3 nitrogen and oxygen atoms in total. The van der Waals surface area contributed by atoms with Gasteiger partial charge in [0.2, 0.25) is 0 Å². The third-order valence-electron chi connectivity index (χ3n) is 2.08. The van der Waals surface area contributed by atoms with Crippen molar-refractivity contribution in [1.82, 2.24) is 9.36 Å². The minimum atomic E-state index is -0.857. The first-order valence-electron chi connectivity index (χ1n) is 5.13. The topological polar surface area (TPSA) is 35.0 Å². The van der Waals surface area contributed by atoms with E-state index < -0.39 is 11.6 Å². The van der Waals surface area contributed by atoms with E-state index in [9.17, 15) is 8.78 Å². The van der Waals surface area contributed by atoms with Gasteiger partial charge in [-0.25, -0.2) is 13.8 Å². The van der Waals surface area contributed by atoms with Crippen LogP contribution in [0.5, 0.6) is 0 Å². The first kappa shape index (κ1) is 13.4. The smallest absolute Gasteiger partial charge is 0.174 e. The fourth-order valence-corrected chi connectivity index (χ4v) is 2.88. The largest absolute Gasteiger partial charge is 0.384 e. The molecule has 0 fully saturated rings. The second kappa shape index (κ2) is 6.21. The van der Waals surface area contributed by atoms with Crippen molar-refractivity contribution < 1.29 is 13.5 Å². The van der Waals surface area contributed by atoms with Gasteiger partial charge in [0, 0.05) is 18.4 Å². The molecule has 0 saturated heterocycles. The Bertz CT molecular complexity index is 534. The molecule has 96 valence electrons. The molecule has 0 aliphatic carbocycles. The summed E-state index contributed by atoms with van der Waals surface area (Å²) in [4.78, 5) is 4.87. The van der Waals surface area contributed by atoms with Crippen LogP contribution < -0.4 is 0 Å². The second-order valence-corrected chi connectivity index (χ2v) is 5.47. The normalized spacial score (nSPS) is 10.8. The lowest BCUT2D eigenvalue weighted by molar-refractivity contribution is 0.200. The van der Waals surface area contributed by atoms with Crippen molar-refractivity contribution in [3.8, 4) is 0 Å². The van der Waals surface area contributed by atoms with E-state index in [2.05, 4.69) is 9.36 Å². The summed E-state index contributed by atoms with van der Waals surface area (Å²) in [7, 11) is 1.61. The first-order chi connectivity index (χ1) is 8.69. The molecule has 0 radical (unpaired) electrons. The van der Waals surface area contributed by atoms with Crippen molar-refractivity contribution in [3.05, 3.63) is 35.7 Å². The zero-order valence-corrected chi connectivity index (χ0v) is 11.2. The fourth-order valence-electron chi connectivity index (χ4n) is 1.22. The van der Waals surface area contributed by atoms with Crippen molar-refractivity contribution in [2.24, 2.45) is 0 Å². The molecule has 0 bridgehead atoms. The number of ether oxygens (including phenoxy) is 1. The Balaban J connectivity index is 2.04. The number of halogens is 2. The van der Waals surface area contributed by atoms with Crippen LogP contribution in [0.4, 0.5) is 8.78 Å². The Labute approximate surface area is 111 Å². The van der Waals surface area contributed by atoms with Crippen molar-refractivity contribution in [3.63, 3.8) is 0 Å². The van der Waals surface area contributed by atoms with Gasteiger partial charge in [-0.15, -0.1) is 0 Å². The molecule has 18 heavy (non-hydrogen) atoms. The fraction of sp³-hybridized carbons (Fsp3) is 0.273. The van der Waals surface area contributed by atoms with Crippen molar-refractivity contribution >= 4 is 23.3 Å². The summed E-state index contributed by atoms with van der Waals surface area (Å²) >= 11 is 2.50. The predicted octanol–water partition coefficient (Wildman–Crippen LogP) is 3.16.